The molecule has 0 radical (unpaired) electrons. The zero-order valence-corrected chi connectivity index (χ0v) is 9.87. The largest absolute Gasteiger partial charge is 0.496 e. The maximum absolute atomic E-state index is 5.37. The van der Waals surface area contributed by atoms with Crippen LogP contribution >= 0.6 is 0 Å². The van der Waals surface area contributed by atoms with Gasteiger partial charge in [-0.3, -0.25) is 0 Å². The quantitative estimate of drug-likeness (QED) is 0.687. The number of methoxy groups -OCH3 is 1. The Morgan fingerprint density at radius 1 is 1.00 bits per heavy atom. The SMILES string of the molecule is COc1cccc2ccc(-c3ncncn3)cc12. The van der Waals surface area contributed by atoms with Crippen molar-refractivity contribution in [1.29, 1.82) is 0 Å². The lowest BCUT2D eigenvalue weighted by molar-refractivity contribution is 0.420. The highest BCUT2D eigenvalue weighted by Crippen LogP contribution is 2.28. The van der Waals surface area contributed by atoms with Crippen molar-refractivity contribution in [2.24, 2.45) is 0 Å². The van der Waals surface area contributed by atoms with Gasteiger partial charge >= 0.3 is 0 Å². The molecule has 0 bridgehead atoms. The Hall–Kier alpha value is -2.49. The Morgan fingerprint density at radius 3 is 2.61 bits per heavy atom. The van der Waals surface area contributed by atoms with E-state index < -0.39 is 0 Å². The summed E-state index contributed by atoms with van der Waals surface area (Å²) in [5, 5.41) is 2.19. The van der Waals surface area contributed by atoms with E-state index in [9.17, 15) is 0 Å². The lowest BCUT2D eigenvalue weighted by atomic mass is 10.1. The van der Waals surface area contributed by atoms with Crippen LogP contribution in [0.4, 0.5) is 0 Å². The summed E-state index contributed by atoms with van der Waals surface area (Å²) in [4.78, 5) is 12.1. The predicted octanol–water partition coefficient (Wildman–Crippen LogP) is 2.70. The fraction of sp³-hybridized carbons (Fsp3) is 0.0714. The highest BCUT2D eigenvalue weighted by Gasteiger charge is 2.05. The summed E-state index contributed by atoms with van der Waals surface area (Å²) in [6.45, 7) is 0. The van der Waals surface area contributed by atoms with Gasteiger partial charge in [0.2, 0.25) is 0 Å². The summed E-state index contributed by atoms with van der Waals surface area (Å²) < 4.78 is 5.37. The molecule has 2 aromatic carbocycles. The van der Waals surface area contributed by atoms with E-state index in [1.54, 1.807) is 7.11 Å². The van der Waals surface area contributed by atoms with Gasteiger partial charge in [-0.1, -0.05) is 24.3 Å². The van der Waals surface area contributed by atoms with E-state index in [2.05, 4.69) is 21.0 Å². The summed E-state index contributed by atoms with van der Waals surface area (Å²) in [5.41, 5.74) is 0.953. The van der Waals surface area contributed by atoms with E-state index in [0.717, 1.165) is 22.1 Å². The molecule has 0 unspecified atom stereocenters. The van der Waals surface area contributed by atoms with Gasteiger partial charge in [-0.05, 0) is 17.5 Å². The number of hydrogen-bond donors (Lipinski definition) is 0. The molecule has 0 atom stereocenters. The van der Waals surface area contributed by atoms with Crippen LogP contribution in [-0.2, 0) is 0 Å². The second-order valence-corrected chi connectivity index (χ2v) is 3.86. The first kappa shape index (κ1) is 10.7. The smallest absolute Gasteiger partial charge is 0.162 e. The van der Waals surface area contributed by atoms with Gasteiger partial charge in [0.1, 0.15) is 18.4 Å². The van der Waals surface area contributed by atoms with Crippen LogP contribution in [0.25, 0.3) is 22.2 Å². The minimum absolute atomic E-state index is 0.665. The molecule has 0 N–H and O–H groups in total. The average molecular weight is 237 g/mol. The molecule has 3 rings (SSSR count). The standard InChI is InChI=1S/C14H11N3O/c1-18-13-4-2-3-10-5-6-11(7-12(10)13)14-16-8-15-9-17-14/h2-9H,1H3. The minimum atomic E-state index is 0.665. The van der Waals surface area contributed by atoms with Crippen molar-refractivity contribution in [3.63, 3.8) is 0 Å². The number of aromatic nitrogens is 3. The topological polar surface area (TPSA) is 47.9 Å². The monoisotopic (exact) mass is 237 g/mol. The second-order valence-electron chi connectivity index (χ2n) is 3.86. The summed E-state index contributed by atoms with van der Waals surface area (Å²) in [6.07, 6.45) is 2.99. The molecule has 0 aliphatic heterocycles. The number of nitrogens with zero attached hydrogens (tertiary/aromatic N) is 3. The molecule has 0 fully saturated rings. The first-order valence-electron chi connectivity index (χ1n) is 5.57. The Labute approximate surface area is 104 Å². The number of hydrogen-bond acceptors (Lipinski definition) is 4. The molecule has 3 aromatic rings. The Morgan fingerprint density at radius 2 is 1.83 bits per heavy atom. The van der Waals surface area contributed by atoms with Crippen LogP contribution in [0.5, 0.6) is 5.75 Å². The minimum Gasteiger partial charge on any atom is -0.496 e. The first-order chi connectivity index (χ1) is 8.88. The molecule has 0 saturated heterocycles. The van der Waals surface area contributed by atoms with Crippen LogP contribution in [-0.4, -0.2) is 22.1 Å². The molecule has 1 heterocycles. The van der Waals surface area contributed by atoms with Crippen molar-refractivity contribution in [2.45, 2.75) is 0 Å². The third-order valence-electron chi connectivity index (χ3n) is 2.81. The zero-order chi connectivity index (χ0) is 12.4. The molecule has 0 aliphatic carbocycles. The van der Waals surface area contributed by atoms with Gasteiger partial charge in [0.15, 0.2) is 5.82 Å². The van der Waals surface area contributed by atoms with Crippen molar-refractivity contribution >= 4 is 10.8 Å². The van der Waals surface area contributed by atoms with E-state index in [0.29, 0.717) is 5.82 Å². The highest BCUT2D eigenvalue weighted by molar-refractivity contribution is 5.91. The van der Waals surface area contributed by atoms with E-state index in [4.69, 9.17) is 4.74 Å². The molecule has 88 valence electrons. The number of rotatable bonds is 2. The van der Waals surface area contributed by atoms with Crippen LogP contribution in [0.1, 0.15) is 0 Å². The maximum Gasteiger partial charge on any atom is 0.162 e. The van der Waals surface area contributed by atoms with E-state index in [-0.39, 0.29) is 0 Å². The fourth-order valence-electron chi connectivity index (χ4n) is 1.95. The predicted molar refractivity (Wildman–Crippen MR) is 69.3 cm³/mol. The summed E-state index contributed by atoms with van der Waals surface area (Å²) in [5.74, 6) is 1.52. The fourth-order valence-corrected chi connectivity index (χ4v) is 1.95. The molecule has 1 aromatic heterocycles. The second kappa shape index (κ2) is 4.41. The Kier molecular flexibility index (Phi) is 2.61. The first-order valence-corrected chi connectivity index (χ1v) is 5.57. The third kappa shape index (κ3) is 1.78. The van der Waals surface area contributed by atoms with Gasteiger partial charge in [-0.15, -0.1) is 0 Å². The molecule has 4 heteroatoms. The maximum atomic E-state index is 5.37. The van der Waals surface area contributed by atoms with Crippen molar-refractivity contribution in [3.05, 3.63) is 49.1 Å². The summed E-state index contributed by atoms with van der Waals surface area (Å²) in [7, 11) is 1.67. The number of benzene rings is 2. The molecule has 0 amide bonds. The summed E-state index contributed by atoms with van der Waals surface area (Å²) >= 11 is 0. The van der Waals surface area contributed by atoms with Crippen LogP contribution in [0.15, 0.2) is 49.1 Å². The normalized spacial score (nSPS) is 10.5. The van der Waals surface area contributed by atoms with Gasteiger partial charge < -0.3 is 4.74 Å². The molecular formula is C14H11N3O. The van der Waals surface area contributed by atoms with Crippen LogP contribution < -0.4 is 4.74 Å². The lowest BCUT2D eigenvalue weighted by Crippen LogP contribution is -1.90. The van der Waals surface area contributed by atoms with Crippen LogP contribution in [0.2, 0.25) is 0 Å². The Bertz CT molecular complexity index is 683. The van der Waals surface area contributed by atoms with E-state index >= 15 is 0 Å². The van der Waals surface area contributed by atoms with E-state index in [1.165, 1.54) is 12.7 Å². The van der Waals surface area contributed by atoms with Gasteiger partial charge in [0.05, 0.1) is 7.11 Å². The molecular weight excluding hydrogens is 226 g/mol. The average Bonchev–Trinajstić information content (AvgIpc) is 2.47. The molecule has 0 aliphatic rings. The third-order valence-corrected chi connectivity index (χ3v) is 2.81. The summed E-state index contributed by atoms with van der Waals surface area (Å²) in [6, 6.07) is 12.0. The van der Waals surface area contributed by atoms with Crippen molar-refractivity contribution in [1.82, 2.24) is 15.0 Å². The van der Waals surface area contributed by atoms with Crippen LogP contribution in [0, 0.1) is 0 Å². The number of ether oxygens (including phenoxy) is 1. The van der Waals surface area contributed by atoms with Crippen molar-refractivity contribution in [2.75, 3.05) is 7.11 Å². The molecule has 4 nitrogen and oxygen atoms in total. The van der Waals surface area contributed by atoms with Gasteiger partial charge in [-0.2, -0.15) is 0 Å². The molecule has 0 spiro atoms. The van der Waals surface area contributed by atoms with Crippen molar-refractivity contribution in [3.8, 4) is 17.1 Å². The van der Waals surface area contributed by atoms with Gasteiger partial charge in [-0.25, -0.2) is 15.0 Å². The lowest BCUT2D eigenvalue weighted by Gasteiger charge is -2.06. The molecule has 18 heavy (non-hydrogen) atoms. The zero-order valence-electron chi connectivity index (χ0n) is 9.87. The van der Waals surface area contributed by atoms with E-state index in [1.807, 2.05) is 30.3 Å². The molecule has 0 saturated carbocycles. The number of fused-ring (bicyclic) bond motifs is 1. The Balaban J connectivity index is 2.22. The van der Waals surface area contributed by atoms with Crippen molar-refractivity contribution < 1.29 is 4.74 Å². The highest BCUT2D eigenvalue weighted by atomic mass is 16.5. The van der Waals surface area contributed by atoms with Crippen LogP contribution in [0.3, 0.4) is 0 Å². The van der Waals surface area contributed by atoms with Gasteiger partial charge in [0.25, 0.3) is 0 Å². The van der Waals surface area contributed by atoms with Gasteiger partial charge in [0, 0.05) is 10.9 Å².